The number of benzene rings is 3. The number of carbonyl (C=O) groups excluding carboxylic acids is 1. The molecule has 7 heteroatoms. The van der Waals surface area contributed by atoms with E-state index in [2.05, 4.69) is 40.5 Å². The molecule has 3 aromatic carbocycles. The van der Waals surface area contributed by atoms with Gasteiger partial charge in [-0.05, 0) is 73.2 Å². The van der Waals surface area contributed by atoms with Crippen molar-refractivity contribution >= 4 is 52.0 Å². The number of carbonyl (C=O) groups is 1. The van der Waals surface area contributed by atoms with Crippen LogP contribution in [-0.2, 0) is 11.2 Å². The predicted molar refractivity (Wildman–Crippen MR) is 143 cm³/mol. The average molecular weight is 513 g/mol. The normalized spacial score (nSPS) is 14.0. The number of ether oxygens (including phenoxy) is 1. The summed E-state index contributed by atoms with van der Waals surface area (Å²) in [4.78, 5) is 15.3. The third-order valence-corrected chi connectivity index (χ3v) is 6.99. The van der Waals surface area contributed by atoms with E-state index in [1.54, 1.807) is 18.2 Å². The van der Waals surface area contributed by atoms with Crippen molar-refractivity contribution in [1.82, 2.24) is 4.90 Å². The third-order valence-electron chi connectivity index (χ3n) is 5.95. The van der Waals surface area contributed by atoms with Crippen molar-refractivity contribution in [1.29, 1.82) is 0 Å². The molecule has 34 heavy (non-hydrogen) atoms. The van der Waals surface area contributed by atoms with Crippen molar-refractivity contribution in [2.24, 2.45) is 5.92 Å². The summed E-state index contributed by atoms with van der Waals surface area (Å²) in [5.41, 5.74) is 2.89. The summed E-state index contributed by atoms with van der Waals surface area (Å²) < 4.78 is 5.62. The molecule has 0 spiro atoms. The molecule has 0 aromatic heterocycles. The molecular weight excluding hydrogens is 487 g/mol. The van der Waals surface area contributed by atoms with Crippen LogP contribution in [0.25, 0.3) is 0 Å². The van der Waals surface area contributed by atoms with Gasteiger partial charge >= 0.3 is 0 Å². The Labute approximate surface area is 215 Å². The van der Waals surface area contributed by atoms with E-state index in [0.717, 1.165) is 42.9 Å². The molecule has 176 valence electrons. The number of thiocarbonyl (C=S) groups is 1. The first-order valence-corrected chi connectivity index (χ1v) is 12.5. The van der Waals surface area contributed by atoms with Crippen molar-refractivity contribution in [3.8, 4) is 5.75 Å². The zero-order chi connectivity index (χ0) is 23.9. The molecule has 1 saturated heterocycles. The lowest BCUT2D eigenvalue weighted by Gasteiger charge is -2.34. The molecule has 0 unspecified atom stereocenters. The monoisotopic (exact) mass is 512 g/mol. The molecule has 4 rings (SSSR count). The number of halogens is 2. The van der Waals surface area contributed by atoms with E-state index in [4.69, 9.17) is 40.2 Å². The lowest BCUT2D eigenvalue weighted by molar-refractivity contribution is -0.118. The molecule has 1 fully saturated rings. The van der Waals surface area contributed by atoms with E-state index in [9.17, 15) is 4.79 Å². The number of amides is 1. The van der Waals surface area contributed by atoms with Crippen LogP contribution >= 0.6 is 35.4 Å². The first kappa shape index (κ1) is 24.5. The van der Waals surface area contributed by atoms with Gasteiger partial charge in [0, 0.05) is 23.7 Å². The molecule has 1 N–H and O–H groups in total. The summed E-state index contributed by atoms with van der Waals surface area (Å²) in [6.07, 6.45) is 3.41. The smallest absolute Gasteiger partial charge is 0.262 e. The number of piperidine rings is 1. The fourth-order valence-corrected chi connectivity index (χ4v) is 4.86. The van der Waals surface area contributed by atoms with Gasteiger partial charge in [0.1, 0.15) is 10.7 Å². The number of likely N-dealkylation sites (tertiary alicyclic amines) is 1. The molecule has 1 aliphatic heterocycles. The average Bonchev–Trinajstić information content (AvgIpc) is 2.85. The highest BCUT2D eigenvalue weighted by atomic mass is 35.5. The highest BCUT2D eigenvalue weighted by Crippen LogP contribution is 2.26. The quantitative estimate of drug-likeness (QED) is 0.360. The Morgan fingerprint density at radius 3 is 2.38 bits per heavy atom. The van der Waals surface area contributed by atoms with Crippen LogP contribution in [0.15, 0.2) is 72.8 Å². The Morgan fingerprint density at radius 1 is 1.00 bits per heavy atom. The standard InChI is InChI=1S/C27H26Cl2N2O2S/c28-22-8-11-25(24(29)17-22)30-26(32)18-33-23-9-6-21(7-10-23)27(34)31-14-12-20(13-15-31)16-19-4-2-1-3-5-19/h1-11,17,20H,12-16,18H2,(H,30,32). The van der Waals surface area contributed by atoms with Gasteiger partial charge in [-0.25, -0.2) is 0 Å². The Hall–Kier alpha value is -2.60. The lowest BCUT2D eigenvalue weighted by Crippen LogP contribution is -2.38. The molecule has 0 radical (unpaired) electrons. The fraction of sp³-hybridized carbons (Fsp3) is 0.259. The molecule has 1 aliphatic rings. The van der Waals surface area contributed by atoms with Gasteiger partial charge in [-0.2, -0.15) is 0 Å². The molecule has 0 bridgehead atoms. The van der Waals surface area contributed by atoms with Gasteiger partial charge in [-0.3, -0.25) is 4.79 Å². The SMILES string of the molecule is O=C(COc1ccc(C(=S)N2CCC(Cc3ccccc3)CC2)cc1)Nc1ccc(Cl)cc1Cl. The molecule has 3 aromatic rings. The zero-order valence-electron chi connectivity index (χ0n) is 18.7. The maximum absolute atomic E-state index is 12.2. The Morgan fingerprint density at radius 2 is 1.71 bits per heavy atom. The highest BCUT2D eigenvalue weighted by Gasteiger charge is 2.21. The van der Waals surface area contributed by atoms with E-state index in [1.165, 1.54) is 5.56 Å². The van der Waals surface area contributed by atoms with E-state index in [0.29, 0.717) is 27.4 Å². The second-order valence-electron chi connectivity index (χ2n) is 8.41. The first-order chi connectivity index (χ1) is 16.5. The Balaban J connectivity index is 1.24. The van der Waals surface area contributed by atoms with Crippen LogP contribution in [0.2, 0.25) is 10.0 Å². The summed E-state index contributed by atoms with van der Waals surface area (Å²) in [6, 6.07) is 23.2. The Bertz CT molecular complexity index is 1130. The molecule has 0 atom stereocenters. The number of nitrogens with one attached hydrogen (secondary N) is 1. The van der Waals surface area contributed by atoms with Gasteiger partial charge in [0.05, 0.1) is 10.7 Å². The largest absolute Gasteiger partial charge is 0.484 e. The van der Waals surface area contributed by atoms with Crippen molar-refractivity contribution in [2.75, 3.05) is 25.0 Å². The van der Waals surface area contributed by atoms with Gasteiger partial charge in [0.15, 0.2) is 6.61 Å². The van der Waals surface area contributed by atoms with Gasteiger partial charge in [-0.1, -0.05) is 65.8 Å². The second-order valence-corrected chi connectivity index (χ2v) is 9.64. The van der Waals surface area contributed by atoms with E-state index in [-0.39, 0.29) is 12.5 Å². The zero-order valence-corrected chi connectivity index (χ0v) is 21.0. The van der Waals surface area contributed by atoms with E-state index < -0.39 is 0 Å². The highest BCUT2D eigenvalue weighted by molar-refractivity contribution is 7.80. The summed E-state index contributed by atoms with van der Waals surface area (Å²) in [5, 5.41) is 3.60. The van der Waals surface area contributed by atoms with Crippen LogP contribution in [0.1, 0.15) is 24.0 Å². The molecule has 1 amide bonds. The number of nitrogens with zero attached hydrogens (tertiary/aromatic N) is 1. The van der Waals surface area contributed by atoms with Crippen molar-refractivity contribution in [3.63, 3.8) is 0 Å². The van der Waals surface area contributed by atoms with Crippen LogP contribution in [-0.4, -0.2) is 35.5 Å². The number of anilines is 1. The number of rotatable bonds is 7. The molecule has 0 aliphatic carbocycles. The van der Waals surface area contributed by atoms with Crippen molar-refractivity contribution in [2.45, 2.75) is 19.3 Å². The van der Waals surface area contributed by atoms with Gasteiger partial charge in [0.25, 0.3) is 5.91 Å². The van der Waals surface area contributed by atoms with Crippen LogP contribution < -0.4 is 10.1 Å². The second kappa shape index (κ2) is 11.7. The lowest BCUT2D eigenvalue weighted by atomic mass is 9.90. The van der Waals surface area contributed by atoms with Crippen LogP contribution in [0.4, 0.5) is 5.69 Å². The van der Waals surface area contributed by atoms with Crippen LogP contribution in [0.3, 0.4) is 0 Å². The number of hydrogen-bond acceptors (Lipinski definition) is 3. The van der Waals surface area contributed by atoms with Crippen molar-refractivity contribution in [3.05, 3.63) is 94.0 Å². The Kier molecular flexibility index (Phi) is 8.44. The van der Waals surface area contributed by atoms with Gasteiger partial charge < -0.3 is 15.0 Å². The van der Waals surface area contributed by atoms with E-state index in [1.807, 2.05) is 24.3 Å². The minimum atomic E-state index is -0.304. The van der Waals surface area contributed by atoms with Crippen LogP contribution in [0, 0.1) is 5.92 Å². The van der Waals surface area contributed by atoms with Gasteiger partial charge in [0.2, 0.25) is 0 Å². The van der Waals surface area contributed by atoms with Crippen LogP contribution in [0.5, 0.6) is 5.75 Å². The summed E-state index contributed by atoms with van der Waals surface area (Å²) in [5.74, 6) is 0.999. The number of hydrogen-bond donors (Lipinski definition) is 1. The predicted octanol–water partition coefficient (Wildman–Crippen LogP) is 6.64. The summed E-state index contributed by atoms with van der Waals surface area (Å²) in [6.45, 7) is 1.82. The minimum Gasteiger partial charge on any atom is -0.484 e. The summed E-state index contributed by atoms with van der Waals surface area (Å²) in [7, 11) is 0. The van der Waals surface area contributed by atoms with Gasteiger partial charge in [-0.15, -0.1) is 0 Å². The fourth-order valence-electron chi connectivity index (χ4n) is 4.09. The molecular formula is C27H26Cl2N2O2S. The topological polar surface area (TPSA) is 41.6 Å². The first-order valence-electron chi connectivity index (χ1n) is 11.3. The maximum atomic E-state index is 12.2. The molecule has 0 saturated carbocycles. The maximum Gasteiger partial charge on any atom is 0.262 e. The summed E-state index contributed by atoms with van der Waals surface area (Å²) >= 11 is 17.7. The molecule has 1 heterocycles. The minimum absolute atomic E-state index is 0.127. The van der Waals surface area contributed by atoms with Crippen molar-refractivity contribution < 1.29 is 9.53 Å². The molecule has 4 nitrogen and oxygen atoms in total. The third kappa shape index (κ3) is 6.72. The van der Waals surface area contributed by atoms with E-state index >= 15 is 0 Å².